The van der Waals surface area contributed by atoms with Crippen molar-refractivity contribution in [3.8, 4) is 0 Å². The van der Waals surface area contributed by atoms with Crippen molar-refractivity contribution in [2.45, 2.75) is 33.1 Å². The van der Waals surface area contributed by atoms with Gasteiger partial charge in [-0.05, 0) is 24.0 Å². The van der Waals surface area contributed by atoms with E-state index in [1.54, 1.807) is 0 Å². The first-order valence-electron chi connectivity index (χ1n) is 4.74. The number of aryl methyl sites for hydroxylation is 1. The molecule has 0 N–H and O–H groups in total. The van der Waals surface area contributed by atoms with E-state index in [0.717, 1.165) is 17.6 Å². The summed E-state index contributed by atoms with van der Waals surface area (Å²) in [6, 6.07) is 4.11. The summed E-state index contributed by atoms with van der Waals surface area (Å²) in [5, 5.41) is 0. The van der Waals surface area contributed by atoms with Crippen LogP contribution < -0.4 is 0 Å². The van der Waals surface area contributed by atoms with Gasteiger partial charge >= 0.3 is 0 Å². The highest BCUT2D eigenvalue weighted by molar-refractivity contribution is 5.76. The van der Waals surface area contributed by atoms with Gasteiger partial charge in [0.25, 0.3) is 0 Å². The molecule has 0 bridgehead atoms. The van der Waals surface area contributed by atoms with Gasteiger partial charge in [-0.15, -0.1) is 0 Å². The molecule has 2 rings (SSSR count). The number of rotatable bonds is 2. The number of hydrogen-bond donors (Lipinski definition) is 0. The van der Waals surface area contributed by atoms with E-state index in [1.807, 2.05) is 6.07 Å². The Labute approximate surface area is 77.5 Å². The molecule has 70 valence electrons. The molecule has 0 amide bonds. The molecule has 1 aromatic heterocycles. The van der Waals surface area contributed by atoms with Crippen LogP contribution in [0.25, 0.3) is 11.2 Å². The van der Waals surface area contributed by atoms with Gasteiger partial charge in [0.1, 0.15) is 0 Å². The monoisotopic (exact) mass is 178 g/mol. The van der Waals surface area contributed by atoms with Crippen molar-refractivity contribution in [2.24, 2.45) is 0 Å². The smallest absolute Gasteiger partial charge is 0.229 e. The summed E-state index contributed by atoms with van der Waals surface area (Å²) in [5.74, 6) is 0.546. The van der Waals surface area contributed by atoms with E-state index in [0.29, 0.717) is 5.92 Å². The highest BCUT2D eigenvalue weighted by atomic mass is 17.0. The summed E-state index contributed by atoms with van der Waals surface area (Å²) in [7, 11) is 0. The Morgan fingerprint density at radius 2 is 2.00 bits per heavy atom. The quantitative estimate of drug-likeness (QED) is 0.655. The molecule has 0 saturated heterocycles. The molecule has 0 aliphatic heterocycles. The third kappa shape index (κ3) is 1.17. The predicted molar refractivity (Wildman–Crippen MR) is 51.9 cm³/mol. The standard InChI is InChI=1S/C11H14O2/c1-4-8-9(7(2)3)5-6-10-11(8)13-12-10/h5-7H,4H2,1-3H3. The van der Waals surface area contributed by atoms with Crippen molar-refractivity contribution in [1.82, 2.24) is 0 Å². The van der Waals surface area contributed by atoms with Crippen molar-refractivity contribution in [3.63, 3.8) is 0 Å². The molecule has 0 aliphatic rings. The van der Waals surface area contributed by atoms with Gasteiger partial charge in [-0.2, -0.15) is 0 Å². The first kappa shape index (κ1) is 8.42. The summed E-state index contributed by atoms with van der Waals surface area (Å²) < 4.78 is 9.84. The van der Waals surface area contributed by atoms with Crippen LogP contribution in [0.4, 0.5) is 0 Å². The van der Waals surface area contributed by atoms with E-state index in [2.05, 4.69) is 26.8 Å². The van der Waals surface area contributed by atoms with Crippen molar-refractivity contribution in [3.05, 3.63) is 23.3 Å². The van der Waals surface area contributed by atoms with E-state index in [1.165, 1.54) is 11.1 Å². The molecule has 2 aromatic rings. The molecule has 0 fully saturated rings. The largest absolute Gasteiger partial charge is 0.286 e. The zero-order valence-electron chi connectivity index (χ0n) is 8.26. The maximum absolute atomic E-state index is 4.99. The van der Waals surface area contributed by atoms with Gasteiger partial charge in [-0.25, -0.2) is 0 Å². The van der Waals surface area contributed by atoms with E-state index >= 15 is 0 Å². The first-order valence-corrected chi connectivity index (χ1v) is 4.74. The Balaban J connectivity index is 2.62. The lowest BCUT2D eigenvalue weighted by Gasteiger charge is -2.12. The zero-order chi connectivity index (χ0) is 9.42. The Morgan fingerprint density at radius 1 is 1.23 bits per heavy atom. The molecule has 0 radical (unpaired) electrons. The fraction of sp³-hybridized carbons (Fsp3) is 0.455. The molecule has 0 saturated carbocycles. The Kier molecular flexibility index (Phi) is 1.91. The molecule has 1 aromatic carbocycles. The van der Waals surface area contributed by atoms with Gasteiger partial charge in [0.05, 0.1) is 0 Å². The van der Waals surface area contributed by atoms with Crippen LogP contribution in [0.5, 0.6) is 0 Å². The molecule has 0 unspecified atom stereocenters. The summed E-state index contributed by atoms with van der Waals surface area (Å²) in [5.41, 5.74) is 4.47. The SMILES string of the molecule is CCc1c(C(C)C)ccc2ooc12. The Hall–Kier alpha value is -1.18. The number of hydrogen-bond acceptors (Lipinski definition) is 2. The molecular weight excluding hydrogens is 164 g/mol. The second-order valence-electron chi connectivity index (χ2n) is 3.64. The summed E-state index contributed by atoms with van der Waals surface area (Å²) in [4.78, 5) is 0. The zero-order valence-corrected chi connectivity index (χ0v) is 8.26. The molecular formula is C11H14O2. The van der Waals surface area contributed by atoms with Crippen LogP contribution in [-0.4, -0.2) is 0 Å². The molecule has 0 atom stereocenters. The lowest BCUT2D eigenvalue weighted by molar-refractivity contribution is 0.0580. The third-order valence-corrected chi connectivity index (χ3v) is 2.45. The van der Waals surface area contributed by atoms with Crippen LogP contribution in [0.2, 0.25) is 0 Å². The maximum Gasteiger partial charge on any atom is 0.229 e. The van der Waals surface area contributed by atoms with Crippen molar-refractivity contribution >= 4 is 11.2 Å². The summed E-state index contributed by atoms with van der Waals surface area (Å²) in [6.45, 7) is 6.53. The number of benzene rings is 1. The minimum Gasteiger partial charge on any atom is -0.286 e. The van der Waals surface area contributed by atoms with E-state index in [9.17, 15) is 0 Å². The van der Waals surface area contributed by atoms with Crippen LogP contribution >= 0.6 is 0 Å². The number of fused-ring (bicyclic) bond motifs is 1. The molecule has 13 heavy (non-hydrogen) atoms. The Morgan fingerprint density at radius 3 is 2.46 bits per heavy atom. The molecule has 1 heterocycles. The van der Waals surface area contributed by atoms with Crippen LogP contribution in [0.1, 0.15) is 37.8 Å². The fourth-order valence-electron chi connectivity index (χ4n) is 1.74. The van der Waals surface area contributed by atoms with Gasteiger partial charge in [-0.1, -0.05) is 26.8 Å². The molecule has 2 nitrogen and oxygen atoms in total. The van der Waals surface area contributed by atoms with Crippen LogP contribution in [0, 0.1) is 0 Å². The maximum atomic E-state index is 4.99. The van der Waals surface area contributed by atoms with Gasteiger partial charge in [-0.3, -0.25) is 9.15 Å². The summed E-state index contributed by atoms with van der Waals surface area (Å²) >= 11 is 0. The summed E-state index contributed by atoms with van der Waals surface area (Å²) in [6.07, 6.45) is 1.00. The lowest BCUT2D eigenvalue weighted by Crippen LogP contribution is -1.97. The highest BCUT2D eigenvalue weighted by Crippen LogP contribution is 2.30. The van der Waals surface area contributed by atoms with Gasteiger partial charge in [0.2, 0.25) is 11.2 Å². The first-order chi connectivity index (χ1) is 6.24. The normalized spacial score (nSPS) is 11.7. The van der Waals surface area contributed by atoms with Crippen LogP contribution in [-0.2, 0) is 6.42 Å². The molecule has 0 aliphatic carbocycles. The second-order valence-corrected chi connectivity index (χ2v) is 3.64. The van der Waals surface area contributed by atoms with E-state index in [4.69, 9.17) is 9.15 Å². The average molecular weight is 178 g/mol. The Bertz CT molecular complexity index is 407. The van der Waals surface area contributed by atoms with Crippen LogP contribution in [0.15, 0.2) is 21.3 Å². The lowest BCUT2D eigenvalue weighted by atomic mass is 9.95. The average Bonchev–Trinajstić information content (AvgIpc) is 2.05. The topological polar surface area (TPSA) is 26.3 Å². The second kappa shape index (κ2) is 2.95. The van der Waals surface area contributed by atoms with Gasteiger partial charge in [0.15, 0.2) is 0 Å². The van der Waals surface area contributed by atoms with Crippen LogP contribution in [0.3, 0.4) is 0 Å². The van der Waals surface area contributed by atoms with Gasteiger partial charge in [0, 0.05) is 5.56 Å². The fourth-order valence-corrected chi connectivity index (χ4v) is 1.74. The third-order valence-electron chi connectivity index (χ3n) is 2.45. The van der Waals surface area contributed by atoms with Crippen molar-refractivity contribution < 1.29 is 9.15 Å². The van der Waals surface area contributed by atoms with Gasteiger partial charge < -0.3 is 0 Å². The molecule has 0 spiro atoms. The van der Waals surface area contributed by atoms with Crippen molar-refractivity contribution in [2.75, 3.05) is 0 Å². The van der Waals surface area contributed by atoms with E-state index < -0.39 is 0 Å². The predicted octanol–water partition coefficient (Wildman–Crippen LogP) is 3.71. The minimum atomic E-state index is 0.546. The molecule has 2 heteroatoms. The van der Waals surface area contributed by atoms with E-state index in [-0.39, 0.29) is 0 Å². The highest BCUT2D eigenvalue weighted by Gasteiger charge is 2.15. The van der Waals surface area contributed by atoms with Crippen molar-refractivity contribution in [1.29, 1.82) is 0 Å². The minimum absolute atomic E-state index is 0.546.